The maximum atomic E-state index is 13.4. The number of amides is 1. The number of phenols is 1. The molecule has 11 nitrogen and oxygen atoms in total. The first-order valence-corrected chi connectivity index (χ1v) is 10.5. The number of ketones is 2. The Morgan fingerprint density at radius 3 is 2.38 bits per heavy atom. The molecule has 6 N–H and O–H groups in total. The van der Waals surface area contributed by atoms with Gasteiger partial charge in [-0.3, -0.25) is 19.3 Å². The molecule has 1 aromatic rings. The number of likely N-dealkylation sites (N-methyl/N-ethyl adjacent to an activating group) is 1. The predicted octanol–water partition coefficient (Wildman–Crippen LogP) is -0.0928. The summed E-state index contributed by atoms with van der Waals surface area (Å²) in [6, 6.07) is 1.37. The lowest BCUT2D eigenvalue weighted by Crippen LogP contribution is -2.63. The Balaban J connectivity index is 1.97. The SMILES string of the molecule is COC(=O)c1ccc(O)c2c1C[C@H]1C[C@H]3[C@H](N(C)C)C(O)=C(C(N)=O)C(=O)[C@@]3(O)C(O)=C1C2=O. The number of aliphatic hydroxyl groups excluding tert-OH is 2. The predicted molar refractivity (Wildman–Crippen MR) is 115 cm³/mol. The van der Waals surface area contributed by atoms with E-state index in [0.717, 1.165) is 6.07 Å². The molecule has 180 valence electrons. The second-order valence-electron chi connectivity index (χ2n) is 8.94. The third-order valence-electron chi connectivity index (χ3n) is 7.01. The largest absolute Gasteiger partial charge is 0.510 e. The molecule has 4 rings (SSSR count). The number of esters is 1. The minimum atomic E-state index is -2.71. The number of aromatic hydroxyl groups is 1. The van der Waals surface area contributed by atoms with Gasteiger partial charge < -0.3 is 30.9 Å². The topological polar surface area (TPSA) is 188 Å². The molecule has 0 aromatic heterocycles. The highest BCUT2D eigenvalue weighted by molar-refractivity contribution is 6.25. The molecule has 1 aromatic carbocycles. The van der Waals surface area contributed by atoms with Crippen molar-refractivity contribution in [2.75, 3.05) is 21.2 Å². The first-order valence-electron chi connectivity index (χ1n) is 10.5. The summed E-state index contributed by atoms with van der Waals surface area (Å²) in [6.45, 7) is 0. The molecule has 1 amide bonds. The summed E-state index contributed by atoms with van der Waals surface area (Å²) in [4.78, 5) is 52.3. The number of phenolic OH excluding ortho intramolecular Hbond substituents is 1. The lowest BCUT2D eigenvalue weighted by molar-refractivity contribution is -0.148. The quantitative estimate of drug-likeness (QED) is 0.294. The van der Waals surface area contributed by atoms with Crippen LogP contribution < -0.4 is 5.73 Å². The lowest BCUT2D eigenvalue weighted by Gasteiger charge is -2.50. The molecule has 0 radical (unpaired) electrons. The summed E-state index contributed by atoms with van der Waals surface area (Å²) < 4.78 is 4.78. The van der Waals surface area contributed by atoms with Gasteiger partial charge in [0, 0.05) is 11.5 Å². The Hall–Kier alpha value is -3.70. The summed E-state index contributed by atoms with van der Waals surface area (Å²) >= 11 is 0. The van der Waals surface area contributed by atoms with Crippen LogP contribution in [0.1, 0.15) is 32.7 Å². The fraction of sp³-hybridized carbons (Fsp3) is 0.391. The van der Waals surface area contributed by atoms with Crippen LogP contribution in [0, 0.1) is 11.8 Å². The molecular weight excluding hydrogens is 448 g/mol. The minimum Gasteiger partial charge on any atom is -0.510 e. The van der Waals surface area contributed by atoms with Gasteiger partial charge in [0.1, 0.15) is 22.8 Å². The smallest absolute Gasteiger partial charge is 0.338 e. The van der Waals surface area contributed by atoms with Crippen LogP contribution in [-0.2, 0) is 20.7 Å². The van der Waals surface area contributed by atoms with E-state index in [1.807, 2.05) is 0 Å². The van der Waals surface area contributed by atoms with Crippen LogP contribution in [-0.4, -0.2) is 81.6 Å². The minimum absolute atomic E-state index is 0.00731. The fourth-order valence-electron chi connectivity index (χ4n) is 5.55. The van der Waals surface area contributed by atoms with E-state index in [4.69, 9.17) is 10.5 Å². The van der Waals surface area contributed by atoms with Gasteiger partial charge in [0.2, 0.25) is 5.78 Å². The average molecular weight is 472 g/mol. The maximum absolute atomic E-state index is 13.4. The van der Waals surface area contributed by atoms with Crippen LogP contribution in [0.25, 0.3) is 0 Å². The highest BCUT2D eigenvalue weighted by Gasteiger charge is 2.63. The van der Waals surface area contributed by atoms with Gasteiger partial charge in [0.05, 0.1) is 24.3 Å². The summed E-state index contributed by atoms with van der Waals surface area (Å²) in [7, 11) is 4.26. The first-order chi connectivity index (χ1) is 15.9. The van der Waals surface area contributed by atoms with E-state index < -0.39 is 69.8 Å². The summed E-state index contributed by atoms with van der Waals surface area (Å²) in [5, 5.41) is 43.8. The zero-order valence-electron chi connectivity index (χ0n) is 18.7. The molecule has 3 aliphatic carbocycles. The van der Waals surface area contributed by atoms with Crippen LogP contribution >= 0.6 is 0 Å². The second kappa shape index (κ2) is 7.67. The molecule has 0 bridgehead atoms. The van der Waals surface area contributed by atoms with Crippen LogP contribution in [0.4, 0.5) is 0 Å². The number of nitrogens with zero attached hydrogens (tertiary/aromatic N) is 1. The number of carbonyl (C=O) groups is 4. The van der Waals surface area contributed by atoms with Crippen molar-refractivity contribution < 1.29 is 44.3 Å². The number of methoxy groups -OCH3 is 1. The molecule has 34 heavy (non-hydrogen) atoms. The van der Waals surface area contributed by atoms with E-state index in [-0.39, 0.29) is 35.1 Å². The molecular formula is C23H24N2O9. The number of hydrogen-bond acceptors (Lipinski definition) is 10. The van der Waals surface area contributed by atoms with Gasteiger partial charge >= 0.3 is 5.97 Å². The monoisotopic (exact) mass is 472 g/mol. The summed E-state index contributed by atoms with van der Waals surface area (Å²) in [5.74, 6) is -8.16. The number of nitrogens with two attached hydrogens (primary N) is 1. The van der Waals surface area contributed by atoms with Gasteiger partial charge in [-0.2, -0.15) is 0 Å². The van der Waals surface area contributed by atoms with Crippen molar-refractivity contribution in [1.29, 1.82) is 0 Å². The van der Waals surface area contributed by atoms with Crippen molar-refractivity contribution >= 4 is 23.4 Å². The fourth-order valence-corrected chi connectivity index (χ4v) is 5.55. The molecule has 0 fully saturated rings. The number of benzene rings is 1. The number of ether oxygens (including phenoxy) is 1. The molecule has 0 aliphatic heterocycles. The zero-order valence-corrected chi connectivity index (χ0v) is 18.7. The first kappa shape index (κ1) is 23.5. The van der Waals surface area contributed by atoms with Crippen molar-refractivity contribution in [3.8, 4) is 5.75 Å². The van der Waals surface area contributed by atoms with Crippen LogP contribution in [0.2, 0.25) is 0 Å². The Morgan fingerprint density at radius 1 is 1.18 bits per heavy atom. The van der Waals surface area contributed by atoms with Gasteiger partial charge in [0.25, 0.3) is 5.91 Å². The number of aliphatic hydroxyl groups is 3. The number of fused-ring (bicyclic) bond motifs is 3. The second-order valence-corrected chi connectivity index (χ2v) is 8.94. The molecule has 0 saturated carbocycles. The van der Waals surface area contributed by atoms with E-state index in [1.165, 1.54) is 18.1 Å². The van der Waals surface area contributed by atoms with E-state index in [1.54, 1.807) is 14.1 Å². The molecule has 0 saturated heterocycles. The Bertz CT molecular complexity index is 1230. The van der Waals surface area contributed by atoms with Crippen LogP contribution in [0.3, 0.4) is 0 Å². The number of hydrogen-bond donors (Lipinski definition) is 5. The number of primary amides is 1. The molecule has 3 aliphatic rings. The molecule has 0 unspecified atom stereocenters. The van der Waals surface area contributed by atoms with Gasteiger partial charge in [-0.25, -0.2) is 4.79 Å². The highest BCUT2D eigenvalue weighted by atomic mass is 16.5. The standard InChI is InChI=1S/C23H24N2O9/c1-25(2)16-11-7-8-6-10-9(22(32)34-3)4-5-12(26)14(10)17(27)13(8)19(29)23(11,33)20(30)15(18(16)28)21(24)31/h4-5,8,11,16,26,28-29,33H,6-7H2,1-3H3,(H2,24,31)/t8-,11-,16-,23-/m0/s1. The summed E-state index contributed by atoms with van der Waals surface area (Å²) in [6.07, 6.45) is -0.0601. The zero-order chi connectivity index (χ0) is 25.3. The average Bonchev–Trinajstić information content (AvgIpc) is 2.75. The van der Waals surface area contributed by atoms with Gasteiger partial charge in [-0.05, 0) is 50.6 Å². The number of carbonyl (C=O) groups excluding carboxylic acids is 4. The Morgan fingerprint density at radius 2 is 1.82 bits per heavy atom. The van der Waals surface area contributed by atoms with E-state index in [0.29, 0.717) is 0 Å². The van der Waals surface area contributed by atoms with Crippen molar-refractivity contribution in [3.63, 3.8) is 0 Å². The van der Waals surface area contributed by atoms with Crippen molar-refractivity contribution in [2.24, 2.45) is 17.6 Å². The molecule has 4 atom stereocenters. The van der Waals surface area contributed by atoms with E-state index in [2.05, 4.69) is 0 Å². The maximum Gasteiger partial charge on any atom is 0.338 e. The van der Waals surface area contributed by atoms with Crippen LogP contribution in [0.15, 0.2) is 34.8 Å². The number of rotatable bonds is 3. The molecule has 0 heterocycles. The van der Waals surface area contributed by atoms with Crippen LogP contribution in [0.5, 0.6) is 5.75 Å². The number of Topliss-reactive ketones (excluding diaryl/α,β-unsaturated/α-hetero) is 2. The van der Waals surface area contributed by atoms with Crippen molar-refractivity contribution in [1.82, 2.24) is 4.90 Å². The van der Waals surface area contributed by atoms with Crippen molar-refractivity contribution in [2.45, 2.75) is 24.5 Å². The lowest BCUT2D eigenvalue weighted by atomic mass is 9.58. The third kappa shape index (κ3) is 2.90. The number of allylic oxidation sites excluding steroid dienone is 1. The third-order valence-corrected chi connectivity index (χ3v) is 7.01. The van der Waals surface area contributed by atoms with E-state index in [9.17, 15) is 39.6 Å². The Kier molecular flexibility index (Phi) is 5.29. The summed E-state index contributed by atoms with van der Waals surface area (Å²) in [5.41, 5.74) is 1.44. The normalized spacial score (nSPS) is 28.4. The molecule has 0 spiro atoms. The van der Waals surface area contributed by atoms with Crippen molar-refractivity contribution in [3.05, 3.63) is 51.5 Å². The highest BCUT2D eigenvalue weighted by Crippen LogP contribution is 2.52. The van der Waals surface area contributed by atoms with Gasteiger partial charge in [-0.15, -0.1) is 0 Å². The molecule has 11 heteroatoms. The van der Waals surface area contributed by atoms with E-state index >= 15 is 0 Å². The van der Waals surface area contributed by atoms with Gasteiger partial charge in [0.15, 0.2) is 11.4 Å². The van der Waals surface area contributed by atoms with Gasteiger partial charge in [-0.1, -0.05) is 0 Å². The Labute approximate surface area is 193 Å².